The number of amides is 1. The number of pyridine rings is 1. The van der Waals surface area contributed by atoms with Crippen LogP contribution in [0.1, 0.15) is 22.1 Å². The zero-order chi connectivity index (χ0) is 22.7. The van der Waals surface area contributed by atoms with Crippen molar-refractivity contribution >= 4 is 17.2 Å². The van der Waals surface area contributed by atoms with Crippen LogP contribution in [0.3, 0.4) is 0 Å². The van der Waals surface area contributed by atoms with Crippen molar-refractivity contribution in [1.82, 2.24) is 20.1 Å². The van der Waals surface area contributed by atoms with Gasteiger partial charge in [0.05, 0.1) is 18.2 Å². The number of benzene rings is 1. The Labute approximate surface area is 181 Å². The van der Waals surface area contributed by atoms with Gasteiger partial charge in [0.25, 0.3) is 5.91 Å². The van der Waals surface area contributed by atoms with Gasteiger partial charge in [-0.15, -0.1) is 10.2 Å². The summed E-state index contributed by atoms with van der Waals surface area (Å²) in [6.07, 6.45) is 3.40. The van der Waals surface area contributed by atoms with E-state index in [1.165, 1.54) is 0 Å². The average Bonchev–Trinajstić information content (AvgIpc) is 3.30. The molecule has 2 aromatic heterocycles. The monoisotopic (exact) mass is 441 g/mol. The quantitative estimate of drug-likeness (QED) is 0.595. The number of para-hydroxylation sites is 1. The van der Waals surface area contributed by atoms with Crippen molar-refractivity contribution < 1.29 is 22.4 Å². The van der Waals surface area contributed by atoms with Gasteiger partial charge in [-0.05, 0) is 30.3 Å². The van der Waals surface area contributed by atoms with E-state index in [4.69, 9.17) is 4.42 Å². The van der Waals surface area contributed by atoms with Crippen LogP contribution in [0, 0.1) is 0 Å². The fourth-order valence-corrected chi connectivity index (χ4v) is 3.23. The molecule has 3 aromatic rings. The Morgan fingerprint density at radius 3 is 2.47 bits per heavy atom. The molecular formula is C22H18F3N5O2. The number of anilines is 1. The number of allylic oxidation sites excluding steroid dienone is 2. The van der Waals surface area contributed by atoms with Crippen LogP contribution < -0.4 is 4.90 Å². The van der Waals surface area contributed by atoms with E-state index < -0.39 is 12.1 Å². The van der Waals surface area contributed by atoms with Gasteiger partial charge in [0.15, 0.2) is 0 Å². The fraction of sp³-hybridized carbons (Fsp3) is 0.182. The minimum absolute atomic E-state index is 0.193. The topological polar surface area (TPSA) is 75.4 Å². The summed E-state index contributed by atoms with van der Waals surface area (Å²) >= 11 is 0. The van der Waals surface area contributed by atoms with Crippen LogP contribution in [0.4, 0.5) is 18.9 Å². The zero-order valence-corrected chi connectivity index (χ0v) is 16.9. The normalized spacial score (nSPS) is 16.1. The van der Waals surface area contributed by atoms with Gasteiger partial charge in [0.2, 0.25) is 5.89 Å². The highest BCUT2D eigenvalue weighted by Crippen LogP contribution is 2.30. The lowest BCUT2D eigenvalue weighted by molar-refractivity contribution is -0.157. The predicted molar refractivity (Wildman–Crippen MR) is 110 cm³/mol. The zero-order valence-electron chi connectivity index (χ0n) is 16.9. The lowest BCUT2D eigenvalue weighted by atomic mass is 10.1. The van der Waals surface area contributed by atoms with E-state index in [1.807, 2.05) is 30.3 Å². The van der Waals surface area contributed by atoms with Crippen LogP contribution in [-0.2, 0) is 6.18 Å². The van der Waals surface area contributed by atoms with E-state index in [9.17, 15) is 18.0 Å². The van der Waals surface area contributed by atoms with E-state index in [0.29, 0.717) is 17.7 Å². The van der Waals surface area contributed by atoms with Crippen molar-refractivity contribution in [3.8, 4) is 0 Å². The highest BCUT2D eigenvalue weighted by molar-refractivity contribution is 6.06. The van der Waals surface area contributed by atoms with Crippen molar-refractivity contribution in [3.05, 3.63) is 90.6 Å². The van der Waals surface area contributed by atoms with E-state index in [1.54, 1.807) is 59.7 Å². The maximum Gasteiger partial charge on any atom is 0.470 e. The summed E-state index contributed by atoms with van der Waals surface area (Å²) < 4.78 is 43.0. The van der Waals surface area contributed by atoms with Crippen LogP contribution in [0.25, 0.3) is 5.57 Å². The molecule has 0 saturated carbocycles. The molecular weight excluding hydrogens is 423 g/mol. The van der Waals surface area contributed by atoms with Crippen LogP contribution in [0.5, 0.6) is 0 Å². The molecule has 3 heterocycles. The molecule has 0 bridgehead atoms. The Morgan fingerprint density at radius 1 is 1.12 bits per heavy atom. The summed E-state index contributed by atoms with van der Waals surface area (Å²) in [6.45, 7) is 0.305. The molecule has 7 nitrogen and oxygen atoms in total. The van der Waals surface area contributed by atoms with E-state index in [0.717, 1.165) is 5.69 Å². The minimum atomic E-state index is -4.71. The molecule has 1 unspecified atom stereocenters. The molecule has 0 N–H and O–H groups in total. The van der Waals surface area contributed by atoms with Gasteiger partial charge in [-0.3, -0.25) is 9.78 Å². The first-order chi connectivity index (χ1) is 15.3. The predicted octanol–water partition coefficient (Wildman–Crippen LogP) is 4.04. The Hall–Kier alpha value is -3.95. The number of hydrogen-bond donors (Lipinski definition) is 0. The smallest absolute Gasteiger partial charge is 0.413 e. The highest BCUT2D eigenvalue weighted by Gasteiger charge is 2.38. The summed E-state index contributed by atoms with van der Waals surface area (Å²) in [4.78, 5) is 20.6. The SMILES string of the molecule is CN1C=C(c2nnc(C(F)(F)F)o2)C=CC1CN(C(=O)c1ccncc1)c1ccccc1. The Balaban J connectivity index is 1.56. The Bertz CT molecular complexity index is 1140. The molecule has 1 aromatic carbocycles. The third-order valence-electron chi connectivity index (χ3n) is 4.89. The van der Waals surface area contributed by atoms with Gasteiger partial charge in [-0.1, -0.05) is 24.3 Å². The minimum Gasteiger partial charge on any atom is -0.413 e. The third kappa shape index (κ3) is 4.53. The number of rotatable bonds is 5. The molecule has 32 heavy (non-hydrogen) atoms. The number of carbonyl (C=O) groups is 1. The summed E-state index contributed by atoms with van der Waals surface area (Å²) in [5.74, 6) is -1.82. The van der Waals surface area contributed by atoms with Crippen molar-refractivity contribution in [1.29, 1.82) is 0 Å². The molecule has 164 valence electrons. The van der Waals surface area contributed by atoms with E-state index in [-0.39, 0.29) is 17.8 Å². The first kappa shape index (κ1) is 21.3. The van der Waals surface area contributed by atoms with Gasteiger partial charge in [-0.2, -0.15) is 13.2 Å². The first-order valence-electron chi connectivity index (χ1n) is 9.63. The number of hydrogen-bond acceptors (Lipinski definition) is 6. The standard InChI is InChI=1S/C22H18F3N5O2/c1-29-13-16(19-27-28-21(32-19)22(23,24)25)7-8-18(29)14-30(17-5-3-2-4-6-17)20(31)15-9-11-26-12-10-15/h2-13,18H,14H2,1H3. The van der Waals surface area contributed by atoms with Gasteiger partial charge in [0, 0.05) is 36.9 Å². The van der Waals surface area contributed by atoms with Crippen LogP contribution in [0.2, 0.25) is 0 Å². The molecule has 0 radical (unpaired) electrons. The molecule has 0 saturated heterocycles. The van der Waals surface area contributed by atoms with E-state index >= 15 is 0 Å². The summed E-state index contributed by atoms with van der Waals surface area (Å²) in [6, 6.07) is 12.3. The first-order valence-corrected chi connectivity index (χ1v) is 9.63. The number of alkyl halides is 3. The lowest BCUT2D eigenvalue weighted by Crippen LogP contribution is -2.43. The summed E-state index contributed by atoms with van der Waals surface area (Å²) in [5, 5.41) is 6.55. The van der Waals surface area contributed by atoms with Gasteiger partial charge < -0.3 is 14.2 Å². The van der Waals surface area contributed by atoms with Crippen molar-refractivity contribution in [2.24, 2.45) is 0 Å². The maximum atomic E-state index is 13.2. The summed E-state index contributed by atoms with van der Waals surface area (Å²) in [7, 11) is 1.76. The second kappa shape index (κ2) is 8.66. The number of halogens is 3. The Morgan fingerprint density at radius 2 is 1.84 bits per heavy atom. The number of carbonyl (C=O) groups excluding carboxylic acids is 1. The van der Waals surface area contributed by atoms with Crippen molar-refractivity contribution in [2.75, 3.05) is 18.5 Å². The molecule has 0 aliphatic carbocycles. The summed E-state index contributed by atoms with van der Waals surface area (Å²) in [5.41, 5.74) is 1.56. The average molecular weight is 441 g/mol. The molecule has 0 fully saturated rings. The largest absolute Gasteiger partial charge is 0.470 e. The van der Waals surface area contributed by atoms with Crippen LogP contribution in [-0.4, -0.2) is 45.6 Å². The lowest BCUT2D eigenvalue weighted by Gasteiger charge is -2.33. The fourth-order valence-electron chi connectivity index (χ4n) is 3.23. The van der Waals surface area contributed by atoms with Gasteiger partial charge in [0.1, 0.15) is 0 Å². The molecule has 4 rings (SSSR count). The maximum absolute atomic E-state index is 13.2. The van der Waals surface area contributed by atoms with Crippen molar-refractivity contribution in [3.63, 3.8) is 0 Å². The van der Waals surface area contributed by atoms with Crippen molar-refractivity contribution in [2.45, 2.75) is 12.2 Å². The second-order valence-electron chi connectivity index (χ2n) is 7.07. The van der Waals surface area contributed by atoms with Crippen LogP contribution >= 0.6 is 0 Å². The molecule has 1 atom stereocenters. The van der Waals surface area contributed by atoms with Gasteiger partial charge >= 0.3 is 12.1 Å². The molecule has 0 spiro atoms. The molecule has 10 heteroatoms. The second-order valence-corrected chi connectivity index (χ2v) is 7.07. The molecule has 1 aliphatic rings. The number of nitrogens with zero attached hydrogens (tertiary/aromatic N) is 5. The number of likely N-dealkylation sites (N-methyl/N-ethyl adjacent to an activating group) is 1. The van der Waals surface area contributed by atoms with Crippen LogP contribution in [0.15, 0.2) is 77.6 Å². The number of aromatic nitrogens is 3. The van der Waals surface area contributed by atoms with Gasteiger partial charge in [-0.25, -0.2) is 0 Å². The molecule has 1 amide bonds. The Kier molecular flexibility index (Phi) is 5.76. The molecule has 1 aliphatic heterocycles. The highest BCUT2D eigenvalue weighted by atomic mass is 19.4. The third-order valence-corrected chi connectivity index (χ3v) is 4.89. The van der Waals surface area contributed by atoms with E-state index in [2.05, 4.69) is 15.2 Å².